The van der Waals surface area contributed by atoms with Crippen LogP contribution in [0.5, 0.6) is 0 Å². The number of rotatable bonds is 6. The van der Waals surface area contributed by atoms with Gasteiger partial charge in [-0.3, -0.25) is 0 Å². The lowest BCUT2D eigenvalue weighted by atomic mass is 10.1. The zero-order chi connectivity index (χ0) is 13.7. The largest absolute Gasteiger partial charge is 0.383 e. The smallest absolute Gasteiger partial charge is 0.155 e. The molecule has 0 fully saturated rings. The standard InChI is InChI=1S/C13H22ClN3O/c1-9(2)8-17(6-7-18-5)13-11(4)10(3)12(14)15-16-13/h9H,6-8H2,1-5H3. The zero-order valence-corrected chi connectivity index (χ0v) is 12.6. The summed E-state index contributed by atoms with van der Waals surface area (Å²) in [6.45, 7) is 10.8. The highest BCUT2D eigenvalue weighted by Crippen LogP contribution is 2.24. The van der Waals surface area contributed by atoms with Gasteiger partial charge in [0.15, 0.2) is 11.0 Å². The summed E-state index contributed by atoms with van der Waals surface area (Å²) in [5.41, 5.74) is 2.08. The third kappa shape index (κ3) is 3.82. The molecule has 1 heterocycles. The molecule has 0 unspecified atom stereocenters. The van der Waals surface area contributed by atoms with E-state index in [4.69, 9.17) is 16.3 Å². The number of aromatic nitrogens is 2. The SMILES string of the molecule is COCCN(CC(C)C)c1nnc(Cl)c(C)c1C. The maximum atomic E-state index is 5.98. The van der Waals surface area contributed by atoms with Crippen molar-refractivity contribution in [2.45, 2.75) is 27.7 Å². The number of halogens is 1. The molecule has 1 aromatic rings. The Balaban J connectivity index is 3.00. The highest BCUT2D eigenvalue weighted by molar-refractivity contribution is 6.30. The van der Waals surface area contributed by atoms with Gasteiger partial charge in [0.05, 0.1) is 6.61 Å². The molecule has 18 heavy (non-hydrogen) atoms. The third-order valence-electron chi connectivity index (χ3n) is 2.89. The van der Waals surface area contributed by atoms with Gasteiger partial charge in [-0.15, -0.1) is 10.2 Å². The molecule has 1 aromatic heterocycles. The van der Waals surface area contributed by atoms with E-state index in [0.29, 0.717) is 17.7 Å². The van der Waals surface area contributed by atoms with Crippen LogP contribution in [0.25, 0.3) is 0 Å². The predicted molar refractivity (Wildman–Crippen MR) is 75.4 cm³/mol. The molecule has 0 amide bonds. The van der Waals surface area contributed by atoms with Crippen LogP contribution in [0.1, 0.15) is 25.0 Å². The van der Waals surface area contributed by atoms with Crippen LogP contribution in [0.3, 0.4) is 0 Å². The first-order chi connectivity index (χ1) is 8.47. The van der Waals surface area contributed by atoms with Gasteiger partial charge in [0.25, 0.3) is 0 Å². The van der Waals surface area contributed by atoms with E-state index in [-0.39, 0.29) is 0 Å². The molecule has 5 heteroatoms. The molecule has 0 saturated carbocycles. The Morgan fingerprint density at radius 3 is 2.44 bits per heavy atom. The van der Waals surface area contributed by atoms with E-state index in [1.54, 1.807) is 7.11 Å². The fourth-order valence-electron chi connectivity index (χ4n) is 1.79. The Bertz CT molecular complexity index is 396. The van der Waals surface area contributed by atoms with Gasteiger partial charge in [-0.05, 0) is 30.9 Å². The maximum Gasteiger partial charge on any atom is 0.155 e. The van der Waals surface area contributed by atoms with Crippen LogP contribution in [-0.2, 0) is 4.74 Å². The van der Waals surface area contributed by atoms with Gasteiger partial charge in [-0.2, -0.15) is 0 Å². The van der Waals surface area contributed by atoms with Gasteiger partial charge in [0.1, 0.15) is 0 Å². The molecule has 0 bridgehead atoms. The summed E-state index contributed by atoms with van der Waals surface area (Å²) >= 11 is 5.98. The van der Waals surface area contributed by atoms with Crippen LogP contribution in [0.2, 0.25) is 5.15 Å². The van der Waals surface area contributed by atoms with Crippen molar-refractivity contribution in [1.82, 2.24) is 10.2 Å². The van der Waals surface area contributed by atoms with Crippen molar-refractivity contribution in [3.05, 3.63) is 16.3 Å². The Kier molecular flexibility index (Phi) is 5.82. The molecule has 0 N–H and O–H groups in total. The van der Waals surface area contributed by atoms with E-state index in [2.05, 4.69) is 28.9 Å². The minimum Gasteiger partial charge on any atom is -0.383 e. The van der Waals surface area contributed by atoms with E-state index in [9.17, 15) is 0 Å². The van der Waals surface area contributed by atoms with Crippen LogP contribution in [0, 0.1) is 19.8 Å². The van der Waals surface area contributed by atoms with Crippen LogP contribution in [0.4, 0.5) is 5.82 Å². The van der Waals surface area contributed by atoms with Gasteiger partial charge in [-0.1, -0.05) is 25.4 Å². The lowest BCUT2D eigenvalue weighted by Crippen LogP contribution is -2.32. The third-order valence-corrected chi connectivity index (χ3v) is 3.25. The average molecular weight is 272 g/mol. The number of nitrogens with zero attached hydrogens (tertiary/aromatic N) is 3. The molecule has 0 atom stereocenters. The lowest BCUT2D eigenvalue weighted by Gasteiger charge is -2.26. The second-order valence-corrected chi connectivity index (χ2v) is 5.26. The zero-order valence-electron chi connectivity index (χ0n) is 11.8. The molecule has 0 aliphatic carbocycles. The topological polar surface area (TPSA) is 38.2 Å². The molecule has 4 nitrogen and oxygen atoms in total. The van der Waals surface area contributed by atoms with E-state index in [1.165, 1.54) is 0 Å². The van der Waals surface area contributed by atoms with Gasteiger partial charge in [0.2, 0.25) is 0 Å². The summed E-state index contributed by atoms with van der Waals surface area (Å²) in [5, 5.41) is 8.72. The van der Waals surface area contributed by atoms with Crippen LogP contribution >= 0.6 is 11.6 Å². The predicted octanol–water partition coefficient (Wildman–Crippen LogP) is 2.86. The molecule has 0 aliphatic heterocycles. The Hall–Kier alpha value is -0.870. The van der Waals surface area contributed by atoms with Gasteiger partial charge in [-0.25, -0.2) is 0 Å². The molecule has 0 radical (unpaired) electrons. The van der Waals surface area contributed by atoms with E-state index in [0.717, 1.165) is 30.0 Å². The fourth-order valence-corrected chi connectivity index (χ4v) is 1.97. The highest BCUT2D eigenvalue weighted by atomic mass is 35.5. The summed E-state index contributed by atoms with van der Waals surface area (Å²) in [6, 6.07) is 0. The van der Waals surface area contributed by atoms with Crippen molar-refractivity contribution >= 4 is 17.4 Å². The number of methoxy groups -OCH3 is 1. The first-order valence-corrected chi connectivity index (χ1v) is 6.58. The molecule has 0 aliphatic rings. The molecule has 1 rings (SSSR count). The van der Waals surface area contributed by atoms with E-state index >= 15 is 0 Å². The lowest BCUT2D eigenvalue weighted by molar-refractivity contribution is 0.204. The van der Waals surface area contributed by atoms with E-state index in [1.807, 2.05) is 13.8 Å². The minimum atomic E-state index is 0.479. The van der Waals surface area contributed by atoms with E-state index < -0.39 is 0 Å². The van der Waals surface area contributed by atoms with Gasteiger partial charge in [0, 0.05) is 20.2 Å². The van der Waals surface area contributed by atoms with Crippen molar-refractivity contribution in [3.63, 3.8) is 0 Å². The summed E-state index contributed by atoms with van der Waals surface area (Å²) < 4.78 is 5.15. The Morgan fingerprint density at radius 1 is 1.22 bits per heavy atom. The van der Waals surface area contributed by atoms with Gasteiger partial charge < -0.3 is 9.64 Å². The molecular formula is C13H22ClN3O. The van der Waals surface area contributed by atoms with Crippen molar-refractivity contribution < 1.29 is 4.74 Å². The van der Waals surface area contributed by atoms with Gasteiger partial charge >= 0.3 is 0 Å². The van der Waals surface area contributed by atoms with Crippen molar-refractivity contribution in [2.75, 3.05) is 31.7 Å². The second-order valence-electron chi connectivity index (χ2n) is 4.90. The first-order valence-electron chi connectivity index (χ1n) is 6.20. The molecular weight excluding hydrogens is 250 g/mol. The minimum absolute atomic E-state index is 0.479. The summed E-state index contributed by atoms with van der Waals surface area (Å²) in [5.74, 6) is 1.46. The second kappa shape index (κ2) is 6.90. The number of hydrogen-bond donors (Lipinski definition) is 0. The first kappa shape index (κ1) is 15.2. The highest BCUT2D eigenvalue weighted by Gasteiger charge is 2.15. The number of ether oxygens (including phenoxy) is 1. The number of anilines is 1. The summed E-state index contributed by atoms with van der Waals surface area (Å²) in [7, 11) is 1.71. The average Bonchev–Trinajstić information content (AvgIpc) is 2.31. The summed E-state index contributed by atoms with van der Waals surface area (Å²) in [4.78, 5) is 2.21. The molecule has 0 saturated heterocycles. The van der Waals surface area contributed by atoms with Crippen molar-refractivity contribution in [3.8, 4) is 0 Å². The maximum absolute atomic E-state index is 5.98. The normalized spacial score (nSPS) is 11.1. The van der Waals surface area contributed by atoms with Crippen molar-refractivity contribution in [1.29, 1.82) is 0 Å². The monoisotopic (exact) mass is 271 g/mol. The Morgan fingerprint density at radius 2 is 1.89 bits per heavy atom. The summed E-state index contributed by atoms with van der Waals surface area (Å²) in [6.07, 6.45) is 0. The molecule has 102 valence electrons. The van der Waals surface area contributed by atoms with Crippen LogP contribution in [0.15, 0.2) is 0 Å². The Labute approximate surface area is 114 Å². The van der Waals surface area contributed by atoms with Crippen LogP contribution in [-0.4, -0.2) is 37.0 Å². The van der Waals surface area contributed by atoms with Crippen LogP contribution < -0.4 is 4.90 Å². The molecule has 0 aromatic carbocycles. The quantitative estimate of drug-likeness (QED) is 0.797. The molecule has 0 spiro atoms. The fraction of sp³-hybridized carbons (Fsp3) is 0.692. The number of hydrogen-bond acceptors (Lipinski definition) is 4. The van der Waals surface area contributed by atoms with Crippen molar-refractivity contribution in [2.24, 2.45) is 5.92 Å².